The number of fused-ring (bicyclic) bond motifs is 1. The highest BCUT2D eigenvalue weighted by Gasteiger charge is 2.36. The molecule has 4 aromatic rings. The van der Waals surface area contributed by atoms with Crippen molar-refractivity contribution in [1.29, 1.82) is 0 Å². The number of hydrogen-bond acceptors (Lipinski definition) is 4. The summed E-state index contributed by atoms with van der Waals surface area (Å²) >= 11 is 0.946. The zero-order valence-electron chi connectivity index (χ0n) is 17.1. The molecule has 2 amide bonds. The number of thioether (sulfide) groups is 1. The van der Waals surface area contributed by atoms with E-state index in [1.165, 1.54) is 4.90 Å². The second-order valence-corrected chi connectivity index (χ2v) is 8.32. The van der Waals surface area contributed by atoms with Crippen molar-refractivity contribution in [2.24, 2.45) is 0 Å². The number of rotatable bonds is 5. The number of carbonyl (C=O) groups excluding carboxylic acids is 2. The summed E-state index contributed by atoms with van der Waals surface area (Å²) in [7, 11) is 0. The normalized spacial score (nSPS) is 15.0. The van der Waals surface area contributed by atoms with Crippen molar-refractivity contribution in [2.75, 3.05) is 4.90 Å². The molecule has 0 radical (unpaired) electrons. The second kappa shape index (κ2) is 8.73. The predicted molar refractivity (Wildman–Crippen MR) is 130 cm³/mol. The highest BCUT2D eigenvalue weighted by Crippen LogP contribution is 2.38. The number of para-hydroxylation sites is 1. The lowest BCUT2D eigenvalue weighted by molar-refractivity contribution is -0.113. The van der Waals surface area contributed by atoms with Gasteiger partial charge in [-0.15, -0.1) is 0 Å². The molecule has 0 unspecified atom stereocenters. The summed E-state index contributed by atoms with van der Waals surface area (Å²) in [6.45, 7) is 0.408. The van der Waals surface area contributed by atoms with Crippen molar-refractivity contribution >= 4 is 45.4 Å². The molecule has 1 saturated heterocycles. The average Bonchev–Trinajstić information content (AvgIpc) is 3.12. The topological polar surface area (TPSA) is 46.6 Å². The maximum absolute atomic E-state index is 13.1. The van der Waals surface area contributed by atoms with Gasteiger partial charge in [-0.1, -0.05) is 78.9 Å². The van der Waals surface area contributed by atoms with Gasteiger partial charge in [0.2, 0.25) is 0 Å². The number of amides is 2. The quantitative estimate of drug-likeness (QED) is 0.328. The minimum absolute atomic E-state index is 0.306. The van der Waals surface area contributed by atoms with E-state index in [9.17, 15) is 9.59 Å². The molecular weight excluding hydrogens is 418 g/mol. The van der Waals surface area contributed by atoms with E-state index < -0.39 is 0 Å². The van der Waals surface area contributed by atoms with Crippen LogP contribution in [0.1, 0.15) is 11.1 Å². The van der Waals surface area contributed by atoms with Gasteiger partial charge in [-0.25, -0.2) is 4.90 Å². The minimum atomic E-state index is -0.326. The lowest BCUT2D eigenvalue weighted by atomic mass is 10.0. The molecule has 0 saturated carbocycles. The van der Waals surface area contributed by atoms with E-state index in [-0.39, 0.29) is 11.1 Å². The molecule has 0 aromatic heterocycles. The van der Waals surface area contributed by atoms with Gasteiger partial charge >= 0.3 is 0 Å². The largest absolute Gasteiger partial charge is 0.488 e. The van der Waals surface area contributed by atoms with Crippen LogP contribution in [0.5, 0.6) is 5.75 Å². The Morgan fingerprint density at radius 3 is 2.25 bits per heavy atom. The lowest BCUT2D eigenvalue weighted by Gasteiger charge is -2.13. The van der Waals surface area contributed by atoms with E-state index in [0.29, 0.717) is 22.9 Å². The molecule has 0 bridgehead atoms. The summed E-state index contributed by atoms with van der Waals surface area (Å²) < 4.78 is 6.15. The summed E-state index contributed by atoms with van der Waals surface area (Å²) in [6, 6.07) is 30.8. The van der Waals surface area contributed by atoms with Crippen LogP contribution in [0.4, 0.5) is 10.5 Å². The Kier molecular flexibility index (Phi) is 5.48. The van der Waals surface area contributed by atoms with Gasteiger partial charge in [0, 0.05) is 5.56 Å². The third kappa shape index (κ3) is 3.90. The highest BCUT2D eigenvalue weighted by atomic mass is 32.2. The third-order valence-electron chi connectivity index (χ3n) is 5.25. The van der Waals surface area contributed by atoms with E-state index >= 15 is 0 Å². The van der Waals surface area contributed by atoms with Crippen molar-refractivity contribution in [3.05, 3.63) is 113 Å². The molecule has 5 rings (SSSR count). The fraction of sp³-hybridized carbons (Fsp3) is 0.0370. The molecule has 1 heterocycles. The Morgan fingerprint density at radius 2 is 1.47 bits per heavy atom. The summed E-state index contributed by atoms with van der Waals surface area (Å²) in [5.74, 6) is 0.340. The first kappa shape index (κ1) is 20.1. The number of ether oxygens (including phenoxy) is 1. The molecule has 5 heteroatoms. The van der Waals surface area contributed by atoms with Crippen molar-refractivity contribution in [3.63, 3.8) is 0 Å². The molecule has 0 N–H and O–H groups in total. The Labute approximate surface area is 190 Å². The van der Waals surface area contributed by atoms with Gasteiger partial charge in [-0.3, -0.25) is 9.59 Å². The van der Waals surface area contributed by atoms with Crippen LogP contribution in [0.3, 0.4) is 0 Å². The summed E-state index contributed by atoms with van der Waals surface area (Å²) in [4.78, 5) is 27.4. The number of carbonyl (C=O) groups is 2. The van der Waals surface area contributed by atoms with E-state index in [4.69, 9.17) is 4.74 Å². The van der Waals surface area contributed by atoms with Crippen LogP contribution in [0.25, 0.3) is 16.8 Å². The van der Waals surface area contributed by atoms with E-state index in [0.717, 1.165) is 33.7 Å². The summed E-state index contributed by atoms with van der Waals surface area (Å²) in [6.07, 6.45) is 1.77. The van der Waals surface area contributed by atoms with Crippen molar-refractivity contribution in [2.45, 2.75) is 6.61 Å². The molecule has 1 fully saturated rings. The number of benzene rings is 4. The maximum atomic E-state index is 13.1. The molecule has 1 aliphatic rings. The Balaban J connectivity index is 1.54. The second-order valence-electron chi connectivity index (χ2n) is 7.33. The van der Waals surface area contributed by atoms with E-state index in [2.05, 4.69) is 0 Å². The Morgan fingerprint density at radius 1 is 0.781 bits per heavy atom. The molecule has 156 valence electrons. The molecule has 0 atom stereocenters. The van der Waals surface area contributed by atoms with Gasteiger partial charge < -0.3 is 4.74 Å². The van der Waals surface area contributed by atoms with Crippen LogP contribution in [-0.2, 0) is 11.4 Å². The standard InChI is InChI=1S/C27H19NO3S/c29-26-25(32-27(30)28(26)21-12-5-2-6-13-21)17-23-22-14-8-7-11-20(22)15-16-24(23)31-18-19-9-3-1-4-10-19/h1-17H,18H2/b25-17-. The van der Waals surface area contributed by atoms with Crippen LogP contribution in [0.15, 0.2) is 102 Å². The Bertz CT molecular complexity index is 1330. The lowest BCUT2D eigenvalue weighted by Crippen LogP contribution is -2.27. The molecule has 4 aromatic carbocycles. The molecule has 0 aliphatic carbocycles. The van der Waals surface area contributed by atoms with Crippen LogP contribution in [-0.4, -0.2) is 11.1 Å². The molecular formula is C27H19NO3S. The van der Waals surface area contributed by atoms with Gasteiger partial charge in [-0.05, 0) is 52.4 Å². The maximum Gasteiger partial charge on any atom is 0.298 e. The van der Waals surface area contributed by atoms with Gasteiger partial charge in [0.1, 0.15) is 12.4 Å². The van der Waals surface area contributed by atoms with Gasteiger partial charge in [0.25, 0.3) is 11.1 Å². The molecule has 0 spiro atoms. The number of hydrogen-bond donors (Lipinski definition) is 0. The first-order valence-electron chi connectivity index (χ1n) is 10.2. The fourth-order valence-corrected chi connectivity index (χ4v) is 4.51. The summed E-state index contributed by atoms with van der Waals surface area (Å²) in [5.41, 5.74) is 2.41. The van der Waals surface area contributed by atoms with Crippen molar-refractivity contribution < 1.29 is 14.3 Å². The van der Waals surface area contributed by atoms with Gasteiger partial charge in [0.05, 0.1) is 10.6 Å². The van der Waals surface area contributed by atoms with Crippen LogP contribution >= 0.6 is 11.8 Å². The number of anilines is 1. The zero-order chi connectivity index (χ0) is 21.9. The van der Waals surface area contributed by atoms with Crippen LogP contribution in [0, 0.1) is 0 Å². The van der Waals surface area contributed by atoms with E-state index in [1.807, 2.05) is 84.9 Å². The van der Waals surface area contributed by atoms with Crippen LogP contribution < -0.4 is 9.64 Å². The fourth-order valence-electron chi connectivity index (χ4n) is 3.68. The molecule has 4 nitrogen and oxygen atoms in total. The minimum Gasteiger partial charge on any atom is -0.488 e. The highest BCUT2D eigenvalue weighted by molar-refractivity contribution is 8.19. The first-order valence-corrected chi connectivity index (χ1v) is 11.0. The average molecular weight is 438 g/mol. The predicted octanol–water partition coefficient (Wildman–Crippen LogP) is 6.66. The molecule has 1 aliphatic heterocycles. The Hall–Kier alpha value is -3.83. The van der Waals surface area contributed by atoms with Gasteiger partial charge in [-0.2, -0.15) is 0 Å². The smallest absolute Gasteiger partial charge is 0.298 e. The SMILES string of the molecule is O=C1S/C(=C\c2c(OCc3ccccc3)ccc3ccccc23)C(=O)N1c1ccccc1. The number of nitrogens with zero attached hydrogens (tertiary/aromatic N) is 1. The number of imide groups is 1. The van der Waals surface area contributed by atoms with Crippen molar-refractivity contribution in [3.8, 4) is 5.75 Å². The van der Waals surface area contributed by atoms with Crippen molar-refractivity contribution in [1.82, 2.24) is 0 Å². The first-order chi connectivity index (χ1) is 15.7. The monoisotopic (exact) mass is 437 g/mol. The van der Waals surface area contributed by atoms with Crippen LogP contribution in [0.2, 0.25) is 0 Å². The molecule has 32 heavy (non-hydrogen) atoms. The summed E-state index contributed by atoms with van der Waals surface area (Å²) in [5, 5.41) is 1.69. The zero-order valence-corrected chi connectivity index (χ0v) is 17.9. The third-order valence-corrected chi connectivity index (χ3v) is 6.12. The van der Waals surface area contributed by atoms with Gasteiger partial charge in [0.15, 0.2) is 0 Å². The van der Waals surface area contributed by atoms with E-state index in [1.54, 1.807) is 18.2 Å².